The lowest BCUT2D eigenvalue weighted by Crippen LogP contribution is -2.37. The lowest BCUT2D eigenvalue weighted by atomic mass is 10.3. The van der Waals surface area contributed by atoms with Gasteiger partial charge < -0.3 is 15.0 Å². The molecule has 0 bridgehead atoms. The molecule has 0 radical (unpaired) electrons. The Morgan fingerprint density at radius 3 is 2.84 bits per heavy atom. The second-order valence-electron chi connectivity index (χ2n) is 4.69. The summed E-state index contributed by atoms with van der Waals surface area (Å²) < 4.78 is 6.84. The van der Waals surface area contributed by atoms with Crippen LogP contribution in [0.4, 0.5) is 5.69 Å². The quantitative estimate of drug-likeness (QED) is 0.739. The number of hydrogen-bond acceptors (Lipinski definition) is 5. The van der Waals surface area contributed by atoms with E-state index in [2.05, 4.69) is 15.3 Å². The second-order valence-corrected chi connectivity index (χ2v) is 4.69. The molecule has 0 atom stereocenters. The molecule has 6 heteroatoms. The van der Waals surface area contributed by atoms with Crippen molar-refractivity contribution in [3.05, 3.63) is 22.6 Å². The third kappa shape index (κ3) is 4.04. The van der Waals surface area contributed by atoms with E-state index in [0.29, 0.717) is 19.8 Å². The second kappa shape index (κ2) is 7.25. The maximum absolute atomic E-state index is 12.0. The highest BCUT2D eigenvalue weighted by Crippen LogP contribution is 2.11. The molecule has 1 N–H and O–H groups in total. The molecule has 1 fully saturated rings. The lowest BCUT2D eigenvalue weighted by molar-refractivity contribution is 0.122. The minimum absolute atomic E-state index is 0.0200. The van der Waals surface area contributed by atoms with Crippen molar-refractivity contribution in [2.24, 2.45) is 0 Å². The monoisotopic (exact) mass is 266 g/mol. The Kier molecular flexibility index (Phi) is 5.35. The zero-order valence-electron chi connectivity index (χ0n) is 11.5. The molecular formula is C13H22N4O2. The number of unbranched alkanes of at least 4 members (excludes halogenated alkanes) is 1. The van der Waals surface area contributed by atoms with Crippen molar-refractivity contribution < 1.29 is 4.74 Å². The number of morpholine rings is 1. The molecule has 1 aromatic heterocycles. The summed E-state index contributed by atoms with van der Waals surface area (Å²) in [4.78, 5) is 14.1. The Balaban J connectivity index is 1.94. The Morgan fingerprint density at radius 2 is 2.16 bits per heavy atom. The van der Waals surface area contributed by atoms with E-state index in [-0.39, 0.29) is 5.56 Å². The van der Waals surface area contributed by atoms with Gasteiger partial charge in [-0.25, -0.2) is 4.68 Å². The van der Waals surface area contributed by atoms with E-state index in [1.54, 1.807) is 16.9 Å². The molecule has 1 saturated heterocycles. The first-order valence-electron chi connectivity index (χ1n) is 6.86. The molecule has 0 amide bonds. The van der Waals surface area contributed by atoms with E-state index in [0.717, 1.165) is 38.2 Å². The van der Waals surface area contributed by atoms with Gasteiger partial charge in [-0.15, -0.1) is 0 Å². The largest absolute Gasteiger partial charge is 0.378 e. The first-order chi connectivity index (χ1) is 9.31. The lowest BCUT2D eigenvalue weighted by Gasteiger charge is -2.28. The fourth-order valence-corrected chi connectivity index (χ4v) is 2.15. The van der Waals surface area contributed by atoms with E-state index in [9.17, 15) is 4.79 Å². The number of ether oxygens (including phenoxy) is 1. The van der Waals surface area contributed by atoms with E-state index in [1.807, 2.05) is 7.05 Å². The molecule has 0 aliphatic carbocycles. The molecule has 0 aromatic carbocycles. The van der Waals surface area contributed by atoms with Crippen molar-refractivity contribution in [2.75, 3.05) is 44.8 Å². The van der Waals surface area contributed by atoms with E-state index in [1.165, 1.54) is 0 Å². The number of aryl methyl sites for hydroxylation is 1. The van der Waals surface area contributed by atoms with E-state index < -0.39 is 0 Å². The van der Waals surface area contributed by atoms with Crippen LogP contribution >= 0.6 is 0 Å². The number of hydrogen-bond donors (Lipinski definition) is 1. The summed E-state index contributed by atoms with van der Waals surface area (Å²) in [6.45, 7) is 4.74. The zero-order valence-corrected chi connectivity index (χ0v) is 11.5. The highest BCUT2D eigenvalue weighted by molar-refractivity contribution is 5.43. The third-order valence-corrected chi connectivity index (χ3v) is 3.28. The van der Waals surface area contributed by atoms with Crippen molar-refractivity contribution >= 4 is 5.69 Å². The van der Waals surface area contributed by atoms with Gasteiger partial charge >= 0.3 is 0 Å². The Morgan fingerprint density at radius 1 is 1.37 bits per heavy atom. The molecule has 6 nitrogen and oxygen atoms in total. The van der Waals surface area contributed by atoms with Crippen LogP contribution < -0.4 is 15.8 Å². The number of nitrogens with zero attached hydrogens (tertiary/aromatic N) is 3. The molecule has 2 heterocycles. The van der Waals surface area contributed by atoms with Gasteiger partial charge in [0.2, 0.25) is 0 Å². The maximum Gasteiger partial charge on any atom is 0.268 e. The van der Waals surface area contributed by atoms with Gasteiger partial charge in [-0.3, -0.25) is 4.79 Å². The standard InChI is InChI=1S/C13H22N4O2/c1-14-4-2-3-5-17-13(18)10-12(11-15-17)16-6-8-19-9-7-16/h10-11,14H,2-9H2,1H3. The summed E-state index contributed by atoms with van der Waals surface area (Å²) in [5.41, 5.74) is 0.883. The van der Waals surface area contributed by atoms with Crippen molar-refractivity contribution in [1.29, 1.82) is 0 Å². The summed E-state index contributed by atoms with van der Waals surface area (Å²) in [7, 11) is 1.93. The SMILES string of the molecule is CNCCCCn1ncc(N2CCOCC2)cc1=O. The Bertz CT molecular complexity index is 441. The Labute approximate surface area is 113 Å². The summed E-state index contributed by atoms with van der Waals surface area (Å²) in [5.74, 6) is 0. The first-order valence-corrected chi connectivity index (χ1v) is 6.86. The average Bonchev–Trinajstić information content (AvgIpc) is 2.46. The van der Waals surface area contributed by atoms with Crippen LogP contribution in [0.3, 0.4) is 0 Å². The summed E-state index contributed by atoms with van der Waals surface area (Å²) >= 11 is 0. The minimum Gasteiger partial charge on any atom is -0.378 e. The normalized spacial score (nSPS) is 15.7. The molecule has 0 saturated carbocycles. The van der Waals surface area contributed by atoms with Gasteiger partial charge in [0.1, 0.15) is 0 Å². The summed E-state index contributed by atoms with van der Waals surface area (Å²) in [6.07, 6.45) is 3.80. The van der Waals surface area contributed by atoms with Crippen LogP contribution in [0, 0.1) is 0 Å². The summed E-state index contributed by atoms with van der Waals surface area (Å²) in [5, 5.41) is 7.35. The molecule has 1 aromatic rings. The highest BCUT2D eigenvalue weighted by Gasteiger charge is 2.12. The van der Waals surface area contributed by atoms with Crippen molar-refractivity contribution in [3.8, 4) is 0 Å². The Hall–Kier alpha value is -1.40. The fourth-order valence-electron chi connectivity index (χ4n) is 2.15. The van der Waals surface area contributed by atoms with Gasteiger partial charge in [-0.05, 0) is 26.4 Å². The summed E-state index contributed by atoms with van der Waals surface area (Å²) in [6, 6.07) is 1.68. The number of anilines is 1. The van der Waals surface area contributed by atoms with Gasteiger partial charge in [-0.2, -0.15) is 5.10 Å². The molecular weight excluding hydrogens is 244 g/mol. The predicted octanol–water partition coefficient (Wildman–Crippen LogP) is 0.0795. The van der Waals surface area contributed by atoms with Gasteiger partial charge in [0, 0.05) is 25.7 Å². The van der Waals surface area contributed by atoms with E-state index in [4.69, 9.17) is 4.74 Å². The van der Waals surface area contributed by atoms with Crippen molar-refractivity contribution in [1.82, 2.24) is 15.1 Å². The van der Waals surface area contributed by atoms with Crippen molar-refractivity contribution in [3.63, 3.8) is 0 Å². The molecule has 1 aliphatic heterocycles. The zero-order chi connectivity index (χ0) is 13.5. The molecule has 1 aliphatic rings. The number of aromatic nitrogens is 2. The molecule has 2 rings (SSSR count). The van der Waals surface area contributed by atoms with Gasteiger partial charge in [0.15, 0.2) is 0 Å². The average molecular weight is 266 g/mol. The van der Waals surface area contributed by atoms with Gasteiger partial charge in [0.05, 0.1) is 25.1 Å². The number of nitrogens with one attached hydrogen (secondary N) is 1. The van der Waals surface area contributed by atoms with Crippen LogP contribution in [0.25, 0.3) is 0 Å². The van der Waals surface area contributed by atoms with Crippen LogP contribution in [0.5, 0.6) is 0 Å². The van der Waals surface area contributed by atoms with Crippen LogP contribution in [-0.4, -0.2) is 49.7 Å². The molecule has 106 valence electrons. The van der Waals surface area contributed by atoms with Crippen LogP contribution in [0.2, 0.25) is 0 Å². The van der Waals surface area contributed by atoms with Crippen molar-refractivity contribution in [2.45, 2.75) is 19.4 Å². The van der Waals surface area contributed by atoms with Crippen LogP contribution in [0.15, 0.2) is 17.1 Å². The first kappa shape index (κ1) is 14.0. The predicted molar refractivity (Wildman–Crippen MR) is 74.7 cm³/mol. The van der Waals surface area contributed by atoms with Crippen LogP contribution in [0.1, 0.15) is 12.8 Å². The molecule has 0 spiro atoms. The maximum atomic E-state index is 12.0. The topological polar surface area (TPSA) is 59.4 Å². The van der Waals surface area contributed by atoms with E-state index >= 15 is 0 Å². The molecule has 0 unspecified atom stereocenters. The molecule has 19 heavy (non-hydrogen) atoms. The van der Waals surface area contributed by atoms with Gasteiger partial charge in [-0.1, -0.05) is 0 Å². The fraction of sp³-hybridized carbons (Fsp3) is 0.692. The number of rotatable bonds is 6. The van der Waals surface area contributed by atoms with Gasteiger partial charge in [0.25, 0.3) is 5.56 Å². The smallest absolute Gasteiger partial charge is 0.268 e. The highest BCUT2D eigenvalue weighted by atomic mass is 16.5. The minimum atomic E-state index is -0.0200. The third-order valence-electron chi connectivity index (χ3n) is 3.28. The van der Waals surface area contributed by atoms with Crippen LogP contribution in [-0.2, 0) is 11.3 Å².